The minimum Gasteiger partial charge on any atom is -0.343 e. The van der Waals surface area contributed by atoms with E-state index >= 15 is 0 Å². The van der Waals surface area contributed by atoms with Gasteiger partial charge in [-0.3, -0.25) is 4.79 Å². The number of rotatable bonds is 4. The molecule has 4 nitrogen and oxygen atoms in total. The summed E-state index contributed by atoms with van der Waals surface area (Å²) in [5.74, 6) is 0.262. The van der Waals surface area contributed by atoms with Crippen LogP contribution < -0.4 is 0 Å². The summed E-state index contributed by atoms with van der Waals surface area (Å²) in [7, 11) is 0. The van der Waals surface area contributed by atoms with Gasteiger partial charge in [0, 0.05) is 30.1 Å². The van der Waals surface area contributed by atoms with E-state index in [1.807, 2.05) is 39.5 Å². The van der Waals surface area contributed by atoms with Crippen molar-refractivity contribution >= 4 is 5.91 Å². The summed E-state index contributed by atoms with van der Waals surface area (Å²) < 4.78 is 0. The van der Waals surface area contributed by atoms with Gasteiger partial charge in [0.1, 0.15) is 0 Å². The van der Waals surface area contributed by atoms with Crippen molar-refractivity contribution in [2.24, 2.45) is 5.92 Å². The van der Waals surface area contributed by atoms with Crippen molar-refractivity contribution in [2.45, 2.75) is 71.9 Å². The van der Waals surface area contributed by atoms with Crippen molar-refractivity contribution in [1.29, 1.82) is 0 Å². The van der Waals surface area contributed by atoms with Crippen molar-refractivity contribution in [3.63, 3.8) is 0 Å². The summed E-state index contributed by atoms with van der Waals surface area (Å²) in [5, 5.41) is 11.7. The zero-order chi connectivity index (χ0) is 14.8. The van der Waals surface area contributed by atoms with E-state index in [1.165, 1.54) is 5.06 Å². The third-order valence-corrected chi connectivity index (χ3v) is 4.17. The standard InChI is InChI=1S/C15H30N2O2/c1-7-9-16(8-2)13(18)12-10-14(3,4)17(19)15(5,6)11-12/h12,19H,7-11H2,1-6H3. The lowest BCUT2D eigenvalue weighted by Gasteiger charge is -2.51. The molecule has 0 atom stereocenters. The highest BCUT2D eigenvalue weighted by Crippen LogP contribution is 2.40. The third kappa shape index (κ3) is 3.48. The van der Waals surface area contributed by atoms with Crippen molar-refractivity contribution in [2.75, 3.05) is 13.1 Å². The van der Waals surface area contributed by atoms with Crippen molar-refractivity contribution in [3.8, 4) is 0 Å². The van der Waals surface area contributed by atoms with Crippen LogP contribution in [0.2, 0.25) is 0 Å². The van der Waals surface area contributed by atoms with Gasteiger partial charge in [-0.1, -0.05) is 6.92 Å². The molecule has 0 unspecified atom stereocenters. The van der Waals surface area contributed by atoms with Gasteiger partial charge in [0.15, 0.2) is 0 Å². The number of carbonyl (C=O) groups is 1. The molecule has 1 amide bonds. The second kappa shape index (κ2) is 5.80. The van der Waals surface area contributed by atoms with Crippen LogP contribution in [0.15, 0.2) is 0 Å². The van der Waals surface area contributed by atoms with Crippen LogP contribution in [-0.4, -0.2) is 45.2 Å². The molecule has 1 rings (SSSR count). The lowest BCUT2D eigenvalue weighted by atomic mass is 9.75. The first kappa shape index (κ1) is 16.4. The fourth-order valence-corrected chi connectivity index (χ4v) is 3.40. The predicted molar refractivity (Wildman–Crippen MR) is 77.1 cm³/mol. The van der Waals surface area contributed by atoms with Crippen LogP contribution in [0.4, 0.5) is 0 Å². The first-order valence-corrected chi connectivity index (χ1v) is 7.43. The molecule has 1 N–H and O–H groups in total. The van der Waals surface area contributed by atoms with Gasteiger partial charge in [0.2, 0.25) is 5.91 Å². The number of amides is 1. The Kier molecular flexibility index (Phi) is 5.02. The van der Waals surface area contributed by atoms with E-state index in [4.69, 9.17) is 0 Å². The second-order valence-electron chi connectivity index (χ2n) is 6.96. The molecule has 19 heavy (non-hydrogen) atoms. The topological polar surface area (TPSA) is 43.8 Å². The normalized spacial score (nSPS) is 23.3. The summed E-state index contributed by atoms with van der Waals surface area (Å²) in [5.41, 5.74) is -0.707. The molecule has 0 aromatic rings. The monoisotopic (exact) mass is 270 g/mol. The molecule has 1 aliphatic rings. The van der Waals surface area contributed by atoms with Gasteiger partial charge in [-0.25, -0.2) is 0 Å². The maximum absolute atomic E-state index is 12.6. The SMILES string of the molecule is CCCN(CC)C(=O)C1CC(C)(C)N(O)C(C)(C)C1. The lowest BCUT2D eigenvalue weighted by Crippen LogP contribution is -2.60. The third-order valence-electron chi connectivity index (χ3n) is 4.17. The Labute approximate surface area is 117 Å². The molecule has 0 aromatic carbocycles. The molecule has 0 aliphatic carbocycles. The first-order valence-electron chi connectivity index (χ1n) is 7.43. The Balaban J connectivity index is 2.87. The molecule has 1 fully saturated rings. The minimum absolute atomic E-state index is 0.0138. The highest BCUT2D eigenvalue weighted by Gasteiger charge is 2.47. The molecule has 1 saturated heterocycles. The number of nitrogens with zero attached hydrogens (tertiary/aromatic N) is 2. The summed E-state index contributed by atoms with van der Waals surface area (Å²) in [6.45, 7) is 13.7. The fourth-order valence-electron chi connectivity index (χ4n) is 3.40. The van der Waals surface area contributed by atoms with Gasteiger partial charge < -0.3 is 10.1 Å². The van der Waals surface area contributed by atoms with Crippen LogP contribution in [0.25, 0.3) is 0 Å². The smallest absolute Gasteiger partial charge is 0.225 e. The Morgan fingerprint density at radius 1 is 1.21 bits per heavy atom. The van der Waals surface area contributed by atoms with Gasteiger partial charge in [0.25, 0.3) is 0 Å². The van der Waals surface area contributed by atoms with Crippen LogP contribution >= 0.6 is 0 Å². The van der Waals surface area contributed by atoms with Crippen molar-refractivity contribution in [1.82, 2.24) is 9.96 Å². The Morgan fingerprint density at radius 2 is 1.68 bits per heavy atom. The van der Waals surface area contributed by atoms with Gasteiger partial charge in [0.05, 0.1) is 0 Å². The average molecular weight is 270 g/mol. The molecule has 1 heterocycles. The quantitative estimate of drug-likeness (QED) is 0.854. The number of hydroxylamine groups is 2. The number of piperidine rings is 1. The summed E-state index contributed by atoms with van der Waals surface area (Å²) in [6, 6.07) is 0. The van der Waals surface area contributed by atoms with Crippen LogP contribution in [0.5, 0.6) is 0 Å². The average Bonchev–Trinajstić information content (AvgIpc) is 2.31. The summed E-state index contributed by atoms with van der Waals surface area (Å²) in [6.07, 6.45) is 2.42. The van der Waals surface area contributed by atoms with Crippen molar-refractivity contribution in [3.05, 3.63) is 0 Å². The molecule has 4 heteroatoms. The van der Waals surface area contributed by atoms with E-state index in [2.05, 4.69) is 6.92 Å². The van der Waals surface area contributed by atoms with Crippen LogP contribution in [-0.2, 0) is 4.79 Å². The van der Waals surface area contributed by atoms with E-state index < -0.39 is 0 Å². The maximum Gasteiger partial charge on any atom is 0.225 e. The van der Waals surface area contributed by atoms with E-state index in [1.54, 1.807) is 0 Å². The highest BCUT2D eigenvalue weighted by molar-refractivity contribution is 5.79. The zero-order valence-electron chi connectivity index (χ0n) is 13.4. The largest absolute Gasteiger partial charge is 0.343 e. The van der Waals surface area contributed by atoms with Gasteiger partial charge in [-0.15, -0.1) is 0 Å². The van der Waals surface area contributed by atoms with Crippen molar-refractivity contribution < 1.29 is 10.0 Å². The van der Waals surface area contributed by atoms with E-state index in [9.17, 15) is 10.0 Å². The second-order valence-corrected chi connectivity index (χ2v) is 6.96. The van der Waals surface area contributed by atoms with Crippen LogP contribution in [0, 0.1) is 5.92 Å². The molecule has 112 valence electrons. The Morgan fingerprint density at radius 3 is 2.05 bits per heavy atom. The summed E-state index contributed by atoms with van der Waals surface area (Å²) >= 11 is 0. The number of hydrogen-bond acceptors (Lipinski definition) is 3. The first-order chi connectivity index (χ1) is 8.65. The van der Waals surface area contributed by atoms with Gasteiger partial charge in [-0.2, -0.15) is 5.06 Å². The van der Waals surface area contributed by atoms with E-state index in [0.717, 1.165) is 19.5 Å². The molecule has 0 spiro atoms. The van der Waals surface area contributed by atoms with Gasteiger partial charge in [-0.05, 0) is 53.9 Å². The number of hydrogen-bond donors (Lipinski definition) is 1. The maximum atomic E-state index is 12.6. The van der Waals surface area contributed by atoms with E-state index in [0.29, 0.717) is 12.8 Å². The fraction of sp³-hybridized carbons (Fsp3) is 0.933. The molecular formula is C15H30N2O2. The molecule has 0 saturated carbocycles. The van der Waals surface area contributed by atoms with Crippen LogP contribution in [0.1, 0.15) is 60.8 Å². The predicted octanol–water partition coefficient (Wildman–Crippen LogP) is 2.90. The van der Waals surface area contributed by atoms with Crippen LogP contribution in [0.3, 0.4) is 0 Å². The van der Waals surface area contributed by atoms with Gasteiger partial charge >= 0.3 is 0 Å². The molecule has 1 aliphatic heterocycles. The Bertz CT molecular complexity index is 308. The minimum atomic E-state index is -0.353. The highest BCUT2D eigenvalue weighted by atomic mass is 16.5. The molecular weight excluding hydrogens is 240 g/mol. The molecule has 0 radical (unpaired) electrons. The molecule has 0 bridgehead atoms. The lowest BCUT2D eigenvalue weighted by molar-refractivity contribution is -0.250. The summed E-state index contributed by atoms with van der Waals surface area (Å²) in [4.78, 5) is 14.6. The number of carbonyl (C=O) groups excluding carboxylic acids is 1. The molecule has 0 aromatic heterocycles. The van der Waals surface area contributed by atoms with E-state index in [-0.39, 0.29) is 22.9 Å². The zero-order valence-corrected chi connectivity index (χ0v) is 13.4. The Hall–Kier alpha value is -0.610.